The first kappa shape index (κ1) is 29.4. The van der Waals surface area contributed by atoms with Crippen LogP contribution in [0.2, 0.25) is 0 Å². The molecule has 1 aromatic rings. The number of carbonyl (C=O) groups is 1. The molecule has 1 atom stereocenters. The number of β-lactam (4-membered cyclic amide) rings is 1. The summed E-state index contributed by atoms with van der Waals surface area (Å²) in [6, 6.07) is 3.64. The van der Waals surface area contributed by atoms with Crippen molar-refractivity contribution in [2.75, 3.05) is 26.2 Å². The minimum atomic E-state index is -4.65. The summed E-state index contributed by atoms with van der Waals surface area (Å²) in [4.78, 5) is 11.0. The maximum Gasteiger partial charge on any atom is 0.239 e. The lowest BCUT2D eigenvalue weighted by Crippen LogP contribution is -2.53. The zero-order chi connectivity index (χ0) is 24.0. The van der Waals surface area contributed by atoms with Crippen LogP contribution in [0.5, 0.6) is 0 Å². The molecule has 1 amide bonds. The fraction of sp³-hybridized carbons (Fsp3) is 0.783. The highest BCUT2D eigenvalue weighted by Crippen LogP contribution is 2.38. The van der Waals surface area contributed by atoms with Crippen molar-refractivity contribution in [3.63, 3.8) is 0 Å². The average Bonchev–Trinajstić information content (AvgIpc) is 3.24. The fourth-order valence-corrected chi connectivity index (χ4v) is 7.00. The molecule has 0 bridgehead atoms. The van der Waals surface area contributed by atoms with Gasteiger partial charge in [0, 0.05) is 0 Å². The van der Waals surface area contributed by atoms with Crippen LogP contribution in [0.1, 0.15) is 85.5 Å². The Morgan fingerprint density at radius 3 is 1.78 bits per heavy atom. The molecule has 1 aliphatic heterocycles. The molecule has 6 nitrogen and oxygen atoms in total. The van der Waals surface area contributed by atoms with E-state index < -0.39 is 21.6 Å². The van der Waals surface area contributed by atoms with Crippen LogP contribution in [0.4, 0.5) is 0 Å². The Bertz CT molecular complexity index is 701. The highest BCUT2D eigenvalue weighted by Gasteiger charge is 2.41. The summed E-state index contributed by atoms with van der Waals surface area (Å²) < 4.78 is 34.8. The van der Waals surface area contributed by atoms with Gasteiger partial charge < -0.3 is 9.04 Å². The lowest BCUT2D eigenvalue weighted by molar-refractivity contribution is -0.929. The maximum absolute atomic E-state index is 11.0. The smallest absolute Gasteiger partial charge is 0.239 e. The third-order valence-electron chi connectivity index (χ3n) is 5.79. The summed E-state index contributed by atoms with van der Waals surface area (Å²) in [5.41, 5.74) is 0. The summed E-state index contributed by atoms with van der Waals surface area (Å²) in [6.45, 7) is 15.0. The summed E-state index contributed by atoms with van der Waals surface area (Å²) in [5, 5.41) is 1.28. The van der Waals surface area contributed by atoms with Gasteiger partial charge in [-0.1, -0.05) is 71.2 Å². The van der Waals surface area contributed by atoms with E-state index in [0.29, 0.717) is 4.31 Å². The van der Waals surface area contributed by atoms with Gasteiger partial charge in [-0.25, -0.2) is 12.7 Å². The number of thioether (sulfide) groups is 1. The van der Waals surface area contributed by atoms with Crippen LogP contribution in [0.3, 0.4) is 0 Å². The van der Waals surface area contributed by atoms with Crippen LogP contribution in [0.15, 0.2) is 21.7 Å². The number of hydrogen-bond acceptors (Lipinski definition) is 6. The van der Waals surface area contributed by atoms with Crippen molar-refractivity contribution in [1.29, 1.82) is 0 Å². The first-order valence-electron chi connectivity index (χ1n) is 12.1. The van der Waals surface area contributed by atoms with E-state index in [2.05, 4.69) is 27.7 Å². The zero-order valence-electron chi connectivity index (χ0n) is 20.3. The third kappa shape index (κ3) is 10.1. The van der Waals surface area contributed by atoms with Crippen molar-refractivity contribution < 1.29 is 22.2 Å². The molecule has 186 valence electrons. The first-order valence-corrected chi connectivity index (χ1v) is 15.2. The number of quaternary nitrogens is 1. The van der Waals surface area contributed by atoms with Crippen molar-refractivity contribution >= 4 is 39.3 Å². The van der Waals surface area contributed by atoms with E-state index in [9.17, 15) is 17.8 Å². The molecule has 0 aromatic carbocycles. The lowest BCUT2D eigenvalue weighted by Gasteiger charge is -2.40. The number of carbonyl (C=O) groups excluding carboxylic acids is 1. The molecular formula is C23H42N2O4S3. The normalized spacial score (nSPS) is 16.5. The number of amides is 1. The molecule has 1 unspecified atom stereocenters. The van der Waals surface area contributed by atoms with Gasteiger partial charge in [0.2, 0.25) is 5.91 Å². The predicted molar refractivity (Wildman–Crippen MR) is 134 cm³/mol. The van der Waals surface area contributed by atoms with Crippen LogP contribution in [0.25, 0.3) is 0 Å². The Kier molecular flexibility index (Phi) is 14.1. The molecule has 1 saturated heterocycles. The number of thiophene rings is 1. The summed E-state index contributed by atoms with van der Waals surface area (Å²) >= 11 is 2.66. The Morgan fingerprint density at radius 2 is 1.47 bits per heavy atom. The highest BCUT2D eigenvalue weighted by atomic mass is 32.2. The van der Waals surface area contributed by atoms with E-state index >= 15 is 0 Å². The molecule has 0 radical (unpaired) electrons. The van der Waals surface area contributed by atoms with Crippen molar-refractivity contribution in [2.24, 2.45) is 0 Å². The Labute approximate surface area is 204 Å². The molecule has 2 rings (SSSR count). The van der Waals surface area contributed by atoms with Crippen LogP contribution in [-0.4, -0.2) is 59.2 Å². The van der Waals surface area contributed by atoms with E-state index in [4.69, 9.17) is 0 Å². The van der Waals surface area contributed by atoms with Gasteiger partial charge in [0.05, 0.1) is 36.8 Å². The second kappa shape index (κ2) is 15.3. The minimum Gasteiger partial charge on any atom is -0.731 e. The van der Waals surface area contributed by atoms with Crippen molar-refractivity contribution in [1.82, 2.24) is 4.31 Å². The van der Waals surface area contributed by atoms with Gasteiger partial charge in [-0.3, -0.25) is 4.79 Å². The van der Waals surface area contributed by atoms with E-state index in [1.165, 1.54) is 105 Å². The lowest BCUT2D eigenvalue weighted by atomic mass is 10.1. The largest absolute Gasteiger partial charge is 0.731 e. The van der Waals surface area contributed by atoms with Crippen LogP contribution < -0.4 is 0 Å². The topological polar surface area (TPSA) is 77.5 Å². The second-order valence-corrected chi connectivity index (χ2v) is 12.2. The SMILES string of the molecule is CCCC[N+](CCCC)(CCCC)CCCC.O=C1CC(Sc2cccs2)N1S(=O)(=O)[O-]. The number of nitrogens with zero attached hydrogens (tertiary/aromatic N) is 2. The molecule has 0 saturated carbocycles. The number of rotatable bonds is 15. The van der Waals surface area contributed by atoms with E-state index in [1.807, 2.05) is 17.5 Å². The molecule has 0 spiro atoms. The predicted octanol–water partition coefficient (Wildman–Crippen LogP) is 5.86. The second-order valence-electron chi connectivity index (χ2n) is 8.51. The quantitative estimate of drug-likeness (QED) is 0.169. The first-order chi connectivity index (χ1) is 15.2. The Morgan fingerprint density at radius 1 is 1.00 bits per heavy atom. The molecule has 32 heavy (non-hydrogen) atoms. The van der Waals surface area contributed by atoms with Crippen molar-refractivity contribution in [3.8, 4) is 0 Å². The van der Waals surface area contributed by atoms with Gasteiger partial charge in [-0.2, -0.15) is 0 Å². The summed E-state index contributed by atoms with van der Waals surface area (Å²) in [6.07, 6.45) is 11.2. The minimum absolute atomic E-state index is 0.101. The number of hydrogen-bond donors (Lipinski definition) is 0. The van der Waals surface area contributed by atoms with Crippen molar-refractivity contribution in [2.45, 2.75) is 95.1 Å². The summed E-state index contributed by atoms with van der Waals surface area (Å²) in [7, 11) is -4.65. The van der Waals surface area contributed by atoms with Gasteiger partial charge in [0.25, 0.3) is 0 Å². The molecule has 1 fully saturated rings. The zero-order valence-corrected chi connectivity index (χ0v) is 22.7. The van der Waals surface area contributed by atoms with Crippen LogP contribution >= 0.6 is 23.1 Å². The third-order valence-corrected chi connectivity index (χ3v) is 9.12. The molecule has 0 aliphatic carbocycles. The van der Waals surface area contributed by atoms with Gasteiger partial charge in [-0.05, 0) is 37.1 Å². The van der Waals surface area contributed by atoms with Crippen molar-refractivity contribution in [3.05, 3.63) is 17.5 Å². The monoisotopic (exact) mass is 506 g/mol. The molecule has 1 aliphatic rings. The maximum atomic E-state index is 11.0. The molecule has 1 aromatic heterocycles. The van der Waals surface area contributed by atoms with Gasteiger partial charge in [0.15, 0.2) is 10.3 Å². The Hall–Kier alpha value is -0.610. The molecule has 2 heterocycles. The average molecular weight is 507 g/mol. The van der Waals surface area contributed by atoms with Crippen LogP contribution in [-0.2, 0) is 15.1 Å². The number of unbranched alkanes of at least 4 members (excludes halogenated alkanes) is 4. The Balaban J connectivity index is 0.000000321. The molecule has 9 heteroatoms. The van der Waals surface area contributed by atoms with E-state index in [-0.39, 0.29) is 6.42 Å². The van der Waals surface area contributed by atoms with Gasteiger partial charge >= 0.3 is 0 Å². The molecule has 0 N–H and O–H groups in total. The standard InChI is InChI=1S/C16H36N.C7H7NO4S3/c1-5-9-13-17(14-10-6-2,15-11-7-3)16-12-8-4;9-5-4-6(8(5)15(10,11)12)14-7-2-1-3-13-7/h5-16H2,1-4H3;1-3,6H,4H2,(H,10,11,12)/q+1;/p-1. The summed E-state index contributed by atoms with van der Waals surface area (Å²) in [5.74, 6) is -0.626. The highest BCUT2D eigenvalue weighted by molar-refractivity contribution is 8.02. The van der Waals surface area contributed by atoms with E-state index in [1.54, 1.807) is 0 Å². The van der Waals surface area contributed by atoms with Gasteiger partial charge in [0.1, 0.15) is 5.37 Å². The fourth-order valence-electron chi connectivity index (χ4n) is 3.84. The van der Waals surface area contributed by atoms with Gasteiger partial charge in [-0.15, -0.1) is 11.3 Å². The van der Waals surface area contributed by atoms with Crippen LogP contribution in [0, 0.1) is 0 Å². The van der Waals surface area contributed by atoms with E-state index in [0.717, 1.165) is 4.21 Å². The molecular weight excluding hydrogens is 464 g/mol.